The summed E-state index contributed by atoms with van der Waals surface area (Å²) in [4.78, 5) is 3.56. The van der Waals surface area contributed by atoms with Crippen LogP contribution in [0.1, 0.15) is 39.5 Å². The van der Waals surface area contributed by atoms with Crippen molar-refractivity contribution in [2.24, 2.45) is 5.41 Å². The fraction of sp³-hybridized carbons (Fsp3) is 0.615. The lowest BCUT2D eigenvalue weighted by Crippen LogP contribution is -2.38. The fourth-order valence-electron chi connectivity index (χ4n) is 2.46. The number of nitrogens with zero attached hydrogens (tertiary/aromatic N) is 1. The SMILES string of the molecule is CC1(C)CCCCC1Nc1ccnc(F)c1. The first-order chi connectivity index (χ1) is 7.58. The predicted octanol–water partition coefficient (Wildman–Crippen LogP) is 3.60. The smallest absolute Gasteiger partial charge is 0.214 e. The highest BCUT2D eigenvalue weighted by atomic mass is 19.1. The Labute approximate surface area is 96.3 Å². The summed E-state index contributed by atoms with van der Waals surface area (Å²) in [6.45, 7) is 4.56. The molecule has 1 N–H and O–H groups in total. The Hall–Kier alpha value is -1.12. The molecule has 0 spiro atoms. The van der Waals surface area contributed by atoms with E-state index in [4.69, 9.17) is 0 Å². The topological polar surface area (TPSA) is 24.9 Å². The van der Waals surface area contributed by atoms with Gasteiger partial charge in [0.1, 0.15) is 0 Å². The molecule has 2 rings (SSSR count). The van der Waals surface area contributed by atoms with E-state index in [9.17, 15) is 4.39 Å². The molecule has 1 aromatic heterocycles. The normalized spacial score (nSPS) is 24.1. The first kappa shape index (κ1) is 11.4. The lowest BCUT2D eigenvalue weighted by Gasteiger charge is -2.39. The summed E-state index contributed by atoms with van der Waals surface area (Å²) >= 11 is 0. The molecule has 3 heteroatoms. The van der Waals surface area contributed by atoms with Crippen LogP contribution in [0.3, 0.4) is 0 Å². The van der Waals surface area contributed by atoms with Crippen molar-refractivity contribution in [2.45, 2.75) is 45.6 Å². The van der Waals surface area contributed by atoms with Crippen molar-refractivity contribution in [1.82, 2.24) is 4.98 Å². The Kier molecular flexibility index (Phi) is 3.13. The maximum atomic E-state index is 13.0. The number of rotatable bonds is 2. The quantitative estimate of drug-likeness (QED) is 0.773. The molecule has 1 aliphatic rings. The number of pyridine rings is 1. The van der Waals surface area contributed by atoms with Crippen LogP contribution in [0.2, 0.25) is 0 Å². The van der Waals surface area contributed by atoms with E-state index in [0.29, 0.717) is 6.04 Å². The number of halogens is 1. The predicted molar refractivity (Wildman–Crippen MR) is 63.9 cm³/mol. The van der Waals surface area contributed by atoms with Gasteiger partial charge in [-0.05, 0) is 24.3 Å². The van der Waals surface area contributed by atoms with Crippen LogP contribution in [-0.2, 0) is 0 Å². The molecular formula is C13H19FN2. The molecule has 0 bridgehead atoms. The van der Waals surface area contributed by atoms with Gasteiger partial charge in [0, 0.05) is 24.0 Å². The highest BCUT2D eigenvalue weighted by Gasteiger charge is 2.31. The Bertz CT molecular complexity index is 363. The maximum Gasteiger partial charge on any atom is 0.214 e. The monoisotopic (exact) mass is 222 g/mol. The Balaban J connectivity index is 2.08. The summed E-state index contributed by atoms with van der Waals surface area (Å²) in [6.07, 6.45) is 6.47. The third-order valence-electron chi connectivity index (χ3n) is 3.57. The summed E-state index contributed by atoms with van der Waals surface area (Å²) in [6, 6.07) is 3.72. The molecule has 0 amide bonds. The minimum absolute atomic E-state index is 0.290. The molecular weight excluding hydrogens is 203 g/mol. The molecule has 88 valence electrons. The summed E-state index contributed by atoms with van der Waals surface area (Å²) < 4.78 is 13.0. The minimum Gasteiger partial charge on any atom is -0.382 e. The highest BCUT2D eigenvalue weighted by Crippen LogP contribution is 2.37. The van der Waals surface area contributed by atoms with Crippen LogP contribution in [-0.4, -0.2) is 11.0 Å². The summed E-state index contributed by atoms with van der Waals surface area (Å²) in [7, 11) is 0. The Morgan fingerprint density at radius 1 is 1.44 bits per heavy atom. The molecule has 1 aromatic rings. The lowest BCUT2D eigenvalue weighted by molar-refractivity contribution is 0.217. The third-order valence-corrected chi connectivity index (χ3v) is 3.57. The van der Waals surface area contributed by atoms with E-state index in [2.05, 4.69) is 24.1 Å². The van der Waals surface area contributed by atoms with Gasteiger partial charge in [-0.15, -0.1) is 0 Å². The number of aromatic nitrogens is 1. The molecule has 1 saturated carbocycles. The van der Waals surface area contributed by atoms with Crippen molar-refractivity contribution < 1.29 is 4.39 Å². The van der Waals surface area contributed by atoms with Gasteiger partial charge in [-0.25, -0.2) is 4.98 Å². The van der Waals surface area contributed by atoms with Gasteiger partial charge in [-0.1, -0.05) is 26.7 Å². The number of nitrogens with one attached hydrogen (secondary N) is 1. The van der Waals surface area contributed by atoms with Gasteiger partial charge in [-0.2, -0.15) is 4.39 Å². The molecule has 1 unspecified atom stereocenters. The van der Waals surface area contributed by atoms with Crippen molar-refractivity contribution in [3.05, 3.63) is 24.3 Å². The van der Waals surface area contributed by atoms with E-state index in [1.165, 1.54) is 31.5 Å². The van der Waals surface area contributed by atoms with Crippen LogP contribution in [0.25, 0.3) is 0 Å². The maximum absolute atomic E-state index is 13.0. The van der Waals surface area contributed by atoms with Crippen LogP contribution in [0.15, 0.2) is 18.3 Å². The molecule has 0 saturated heterocycles. The molecule has 1 atom stereocenters. The van der Waals surface area contributed by atoms with E-state index in [-0.39, 0.29) is 5.41 Å². The average molecular weight is 222 g/mol. The Morgan fingerprint density at radius 2 is 2.25 bits per heavy atom. The van der Waals surface area contributed by atoms with E-state index in [1.807, 2.05) is 6.07 Å². The largest absolute Gasteiger partial charge is 0.382 e. The fourth-order valence-corrected chi connectivity index (χ4v) is 2.46. The molecule has 0 aromatic carbocycles. The summed E-state index contributed by atoms with van der Waals surface area (Å²) in [5.74, 6) is -0.418. The van der Waals surface area contributed by atoms with Crippen molar-refractivity contribution >= 4 is 5.69 Å². The number of hydrogen-bond donors (Lipinski definition) is 1. The van der Waals surface area contributed by atoms with Gasteiger partial charge in [0.25, 0.3) is 0 Å². The highest BCUT2D eigenvalue weighted by molar-refractivity contribution is 5.42. The second-order valence-electron chi connectivity index (χ2n) is 5.30. The van der Waals surface area contributed by atoms with Crippen molar-refractivity contribution in [3.8, 4) is 0 Å². The third kappa shape index (κ3) is 2.52. The van der Waals surface area contributed by atoms with Crippen molar-refractivity contribution in [2.75, 3.05) is 5.32 Å². The molecule has 0 aliphatic heterocycles. The van der Waals surface area contributed by atoms with Crippen LogP contribution >= 0.6 is 0 Å². The van der Waals surface area contributed by atoms with Gasteiger partial charge >= 0.3 is 0 Å². The van der Waals surface area contributed by atoms with E-state index >= 15 is 0 Å². The lowest BCUT2D eigenvalue weighted by atomic mass is 9.73. The number of anilines is 1. The van der Waals surface area contributed by atoms with Crippen molar-refractivity contribution in [1.29, 1.82) is 0 Å². The second kappa shape index (κ2) is 4.40. The van der Waals surface area contributed by atoms with Gasteiger partial charge < -0.3 is 5.32 Å². The zero-order valence-corrected chi connectivity index (χ0v) is 9.96. The average Bonchev–Trinajstić information content (AvgIpc) is 2.21. The van der Waals surface area contributed by atoms with Gasteiger partial charge in [0.05, 0.1) is 0 Å². The van der Waals surface area contributed by atoms with Crippen LogP contribution in [0.4, 0.5) is 10.1 Å². The Morgan fingerprint density at radius 3 is 2.94 bits per heavy atom. The van der Waals surface area contributed by atoms with E-state index in [1.54, 1.807) is 0 Å². The van der Waals surface area contributed by atoms with Crippen LogP contribution < -0.4 is 5.32 Å². The molecule has 2 nitrogen and oxygen atoms in total. The molecule has 1 fully saturated rings. The summed E-state index contributed by atoms with van der Waals surface area (Å²) in [5, 5.41) is 3.43. The molecule has 1 heterocycles. The molecule has 16 heavy (non-hydrogen) atoms. The van der Waals surface area contributed by atoms with E-state index in [0.717, 1.165) is 12.1 Å². The first-order valence-electron chi connectivity index (χ1n) is 5.96. The molecule has 1 aliphatic carbocycles. The van der Waals surface area contributed by atoms with Gasteiger partial charge in [0.15, 0.2) is 0 Å². The second-order valence-corrected chi connectivity index (χ2v) is 5.30. The summed E-state index contributed by atoms with van der Waals surface area (Å²) in [5.41, 5.74) is 1.13. The van der Waals surface area contributed by atoms with Crippen LogP contribution in [0.5, 0.6) is 0 Å². The minimum atomic E-state index is -0.418. The molecule has 0 radical (unpaired) electrons. The number of hydrogen-bond acceptors (Lipinski definition) is 2. The van der Waals surface area contributed by atoms with Crippen molar-refractivity contribution in [3.63, 3.8) is 0 Å². The first-order valence-corrected chi connectivity index (χ1v) is 5.96. The van der Waals surface area contributed by atoms with Gasteiger partial charge in [0.2, 0.25) is 5.95 Å². The van der Waals surface area contributed by atoms with Gasteiger partial charge in [-0.3, -0.25) is 0 Å². The van der Waals surface area contributed by atoms with Crippen LogP contribution in [0, 0.1) is 11.4 Å². The zero-order valence-electron chi connectivity index (χ0n) is 9.96. The standard InChI is InChI=1S/C13H19FN2/c1-13(2)7-4-3-5-11(13)16-10-6-8-15-12(14)9-10/h6,8-9,11H,3-5,7H2,1-2H3,(H,15,16). The zero-order chi connectivity index (χ0) is 11.6. The van der Waals surface area contributed by atoms with E-state index < -0.39 is 5.95 Å².